The third-order valence-corrected chi connectivity index (χ3v) is 11.9. The first-order valence-electron chi connectivity index (χ1n) is 19.3. The number of urea groups is 1. The number of fused-ring (bicyclic) bond motifs is 6. The molecular formula is C40H56F3N7O6S5. The smallest absolute Gasteiger partial charge is 0.464 e. The molecule has 2 fully saturated rings. The minimum Gasteiger partial charge on any atom is -0.464 e. The number of likely N-dealkylation sites (tertiary alicyclic amines) is 1. The molecule has 0 aliphatic carbocycles. The van der Waals surface area contributed by atoms with E-state index in [1.165, 1.54) is 21.2 Å². The fourth-order valence-corrected chi connectivity index (χ4v) is 8.72. The van der Waals surface area contributed by atoms with Crippen LogP contribution >= 0.6 is 65.3 Å². The highest BCUT2D eigenvalue weighted by atomic mass is 32.1. The van der Waals surface area contributed by atoms with Crippen molar-refractivity contribution in [3.8, 4) is 22.5 Å². The van der Waals surface area contributed by atoms with Crippen molar-refractivity contribution in [1.82, 2.24) is 35.2 Å². The Morgan fingerprint density at radius 3 is 2.56 bits per heavy atom. The number of carbonyl (C=O) groups is 3. The number of benzene rings is 1. The molecule has 0 saturated carbocycles. The Labute approximate surface area is 385 Å². The number of nitrogens with one attached hydrogen (secondary N) is 2. The molecule has 7 rings (SSSR count). The first kappa shape index (κ1) is 52.2. The molecule has 3 amide bonds. The van der Waals surface area contributed by atoms with Gasteiger partial charge in [0.2, 0.25) is 0 Å². The van der Waals surface area contributed by atoms with Gasteiger partial charge in [-0.15, -0.1) is 24.5 Å². The van der Waals surface area contributed by atoms with Crippen LogP contribution in [0.1, 0.15) is 69.3 Å². The van der Waals surface area contributed by atoms with E-state index in [2.05, 4.69) is 59.0 Å². The van der Waals surface area contributed by atoms with Gasteiger partial charge in [0, 0.05) is 72.2 Å². The largest absolute Gasteiger partial charge is 0.522 e. The monoisotopic (exact) mass is 947 g/mol. The van der Waals surface area contributed by atoms with Gasteiger partial charge in [-0.25, -0.2) is 15.2 Å². The van der Waals surface area contributed by atoms with E-state index in [1.54, 1.807) is 13.3 Å². The van der Waals surface area contributed by atoms with Gasteiger partial charge >= 0.3 is 18.4 Å². The summed E-state index contributed by atoms with van der Waals surface area (Å²) in [4.78, 5) is 52.2. The molecule has 6 heterocycles. The van der Waals surface area contributed by atoms with Crippen molar-refractivity contribution in [2.75, 3.05) is 33.4 Å². The molecule has 2 N–H and O–H groups in total. The van der Waals surface area contributed by atoms with Crippen molar-refractivity contribution in [2.45, 2.75) is 96.9 Å². The number of aryl methyl sites for hydroxylation is 1. The lowest BCUT2D eigenvalue weighted by molar-refractivity contribution is -0.329. The Morgan fingerprint density at radius 1 is 1.13 bits per heavy atom. The van der Waals surface area contributed by atoms with Crippen molar-refractivity contribution in [3.63, 3.8) is 0 Å². The van der Waals surface area contributed by atoms with Crippen molar-refractivity contribution < 1.29 is 41.8 Å². The molecule has 338 valence electrons. The molecule has 0 radical (unpaired) electrons. The Balaban J connectivity index is 0.00000248. The van der Waals surface area contributed by atoms with E-state index >= 15 is 0 Å². The van der Waals surface area contributed by atoms with Gasteiger partial charge in [-0.3, -0.25) is 24.3 Å². The van der Waals surface area contributed by atoms with Crippen LogP contribution in [0.3, 0.4) is 0 Å². The number of ether oxygens (including phenoxy) is 3. The fourth-order valence-electron chi connectivity index (χ4n) is 7.87. The van der Waals surface area contributed by atoms with E-state index < -0.39 is 54.4 Å². The molecule has 13 nitrogen and oxygen atoms in total. The maximum atomic E-state index is 14.2. The molecular weight excluding hydrogens is 892 g/mol. The molecule has 3 aliphatic heterocycles. The minimum absolute atomic E-state index is 0. The van der Waals surface area contributed by atoms with Crippen molar-refractivity contribution >= 4 is 94.1 Å². The third-order valence-electron chi connectivity index (χ3n) is 11.0. The van der Waals surface area contributed by atoms with Crippen LogP contribution in [0.5, 0.6) is 0 Å². The first-order valence-corrected chi connectivity index (χ1v) is 20.1. The normalized spacial score (nSPS) is 20.7. The second-order valence-electron chi connectivity index (χ2n) is 15.6. The third kappa shape index (κ3) is 11.5. The fraction of sp³-hybridized carbons (Fsp3) is 0.525. The number of halogens is 3. The van der Waals surface area contributed by atoms with Crippen LogP contribution < -0.4 is 10.7 Å². The molecule has 0 spiro atoms. The topological polar surface area (TPSA) is 140 Å². The summed E-state index contributed by atoms with van der Waals surface area (Å²) < 4.78 is 56.4. The molecule has 0 unspecified atom stereocenters. The maximum absolute atomic E-state index is 14.2. The predicted molar refractivity (Wildman–Crippen MR) is 248 cm³/mol. The zero-order valence-corrected chi connectivity index (χ0v) is 39.5. The average molecular weight is 948 g/mol. The number of methoxy groups -OCH3 is 1. The van der Waals surface area contributed by atoms with Crippen LogP contribution in [0.2, 0.25) is 0 Å². The van der Waals surface area contributed by atoms with Crippen molar-refractivity contribution in [2.24, 2.45) is 5.41 Å². The second kappa shape index (κ2) is 21.5. The van der Waals surface area contributed by atoms with Crippen LogP contribution in [-0.2, 0) is 43.2 Å². The van der Waals surface area contributed by atoms with E-state index in [4.69, 9.17) is 19.4 Å². The summed E-state index contributed by atoms with van der Waals surface area (Å²) in [6, 6.07) is 6.78. The van der Waals surface area contributed by atoms with Crippen LogP contribution in [0, 0.1) is 5.41 Å². The Bertz CT molecular complexity index is 2150. The zero-order valence-electron chi connectivity index (χ0n) is 34.6. The van der Waals surface area contributed by atoms with Crippen LogP contribution in [0.4, 0.5) is 18.0 Å². The van der Waals surface area contributed by atoms with E-state index in [1.807, 2.05) is 24.4 Å². The lowest BCUT2D eigenvalue weighted by Gasteiger charge is -2.41. The van der Waals surface area contributed by atoms with Crippen LogP contribution in [-0.4, -0.2) is 100 Å². The zero-order chi connectivity index (χ0) is 40.6. The SMILES string of the molecule is CCn1c(-c2cccnc2[C@H](C)OC)c2c3cc(ccc31)-c1csc(n1)C[C@H](NC(=O)N1CC[C@H]1COC(F)(F)F)C(=O)N1CCC[C@H](N1)C(=O)OCC(C)(C)C2.S.S.S.S. The summed E-state index contributed by atoms with van der Waals surface area (Å²) in [5.41, 5.74) is 8.93. The molecule has 2 saturated heterocycles. The van der Waals surface area contributed by atoms with Crippen LogP contribution in [0.25, 0.3) is 33.4 Å². The van der Waals surface area contributed by atoms with Gasteiger partial charge in [0.05, 0.1) is 47.4 Å². The van der Waals surface area contributed by atoms with Crippen molar-refractivity contribution in [3.05, 3.63) is 58.2 Å². The van der Waals surface area contributed by atoms with Gasteiger partial charge in [0.15, 0.2) is 0 Å². The molecule has 3 aromatic heterocycles. The standard InChI is InChI=1S/C40H48F3N7O6S.4H2S/c1-6-48-32-12-11-24-17-27(32)28(35(48)26-9-7-14-44-34(26)23(2)54-5)19-39(3,4)22-55-37(52)29-10-8-15-50(47-29)36(51)30(18-33-45-31(24)21-57-33)46-38(53)49-16-13-25(49)20-56-40(41,42)43;;;;/h7,9,11-12,14,17,21,23,25,29-30,47H,6,8,10,13,15-16,18-20,22H2,1-5H3,(H,46,53);4*1H2/t23-,25-,29-,30-;;;;/m0..../s1. The number of hydrogen-bond donors (Lipinski definition) is 2. The summed E-state index contributed by atoms with van der Waals surface area (Å²) in [6.45, 7) is 8.76. The molecule has 61 heavy (non-hydrogen) atoms. The molecule has 21 heteroatoms. The number of esters is 1. The highest BCUT2D eigenvalue weighted by Crippen LogP contribution is 2.42. The number of nitrogens with zero attached hydrogens (tertiary/aromatic N) is 5. The first-order chi connectivity index (χ1) is 27.2. The molecule has 4 atom stereocenters. The summed E-state index contributed by atoms with van der Waals surface area (Å²) in [7, 11) is 1.66. The Kier molecular flexibility index (Phi) is 18.4. The van der Waals surface area contributed by atoms with E-state index in [9.17, 15) is 27.6 Å². The average Bonchev–Trinajstić information content (AvgIpc) is 3.76. The van der Waals surface area contributed by atoms with Crippen LogP contribution in [0.15, 0.2) is 41.9 Å². The second-order valence-corrected chi connectivity index (χ2v) is 16.5. The summed E-state index contributed by atoms with van der Waals surface area (Å²) in [6.07, 6.45) is -1.49. The number of aromatic nitrogens is 3. The van der Waals surface area contributed by atoms with Gasteiger partial charge in [-0.1, -0.05) is 19.9 Å². The summed E-state index contributed by atoms with van der Waals surface area (Å²) in [5.74, 6) is -0.999. The summed E-state index contributed by atoms with van der Waals surface area (Å²) >= 11 is 1.34. The van der Waals surface area contributed by atoms with E-state index in [0.29, 0.717) is 42.9 Å². The quantitative estimate of drug-likeness (QED) is 0.190. The number of rotatable bonds is 7. The summed E-state index contributed by atoms with van der Waals surface area (Å²) in [5, 5.41) is 7.59. The van der Waals surface area contributed by atoms with E-state index in [-0.39, 0.29) is 86.2 Å². The number of pyridine rings is 1. The molecule has 1 aromatic carbocycles. The minimum atomic E-state index is -4.83. The number of cyclic esters (lactones) is 1. The number of alkyl halides is 3. The number of thiazole rings is 1. The number of hydrogen-bond acceptors (Lipinski definition) is 10. The van der Waals surface area contributed by atoms with Gasteiger partial charge in [0.1, 0.15) is 12.1 Å². The molecule has 4 aromatic rings. The maximum Gasteiger partial charge on any atom is 0.522 e. The number of amides is 3. The highest BCUT2D eigenvalue weighted by molar-refractivity contribution is 7.59. The lowest BCUT2D eigenvalue weighted by atomic mass is 9.84. The molecule has 6 bridgehead atoms. The van der Waals surface area contributed by atoms with Gasteiger partial charge in [0.25, 0.3) is 5.91 Å². The van der Waals surface area contributed by atoms with Gasteiger partial charge < -0.3 is 24.3 Å². The van der Waals surface area contributed by atoms with Gasteiger partial charge in [-0.2, -0.15) is 54.0 Å². The van der Waals surface area contributed by atoms with Crippen molar-refractivity contribution in [1.29, 1.82) is 0 Å². The number of carbonyl (C=O) groups excluding carboxylic acids is 3. The highest BCUT2D eigenvalue weighted by Gasteiger charge is 2.40. The Morgan fingerprint density at radius 2 is 1.89 bits per heavy atom. The molecule has 3 aliphatic rings. The lowest BCUT2D eigenvalue weighted by Crippen LogP contribution is -2.63. The van der Waals surface area contributed by atoms with Gasteiger partial charge in [-0.05, 0) is 69.4 Å². The van der Waals surface area contributed by atoms with E-state index in [0.717, 1.165) is 39.0 Å². The number of hydrazine groups is 1. The Hall–Kier alpha value is -3.18. The predicted octanol–water partition coefficient (Wildman–Crippen LogP) is 6.86.